The minimum Gasteiger partial charge on any atom is -0.322 e. The number of imidazole rings is 1. The van der Waals surface area contributed by atoms with Crippen LogP contribution in [0.5, 0.6) is 0 Å². The van der Waals surface area contributed by atoms with Crippen molar-refractivity contribution in [2.75, 3.05) is 0 Å². The lowest BCUT2D eigenvalue weighted by molar-refractivity contribution is -0.120. The van der Waals surface area contributed by atoms with Crippen LogP contribution in [-0.2, 0) is 11.8 Å². The SMILES string of the molecule is Cn1cnc2c(-c3ccc(C4NC(=O)NC4=O)cc3)ncnc21. The first-order valence-corrected chi connectivity index (χ1v) is 6.97. The van der Waals surface area contributed by atoms with Crippen LogP contribution < -0.4 is 10.6 Å². The molecule has 114 valence electrons. The number of amides is 3. The van der Waals surface area contributed by atoms with Gasteiger partial charge in [-0.05, 0) is 5.56 Å². The number of hydrogen-bond donors (Lipinski definition) is 2. The number of rotatable bonds is 2. The second-order valence-electron chi connectivity index (χ2n) is 5.27. The van der Waals surface area contributed by atoms with Gasteiger partial charge in [0.2, 0.25) is 0 Å². The number of carbonyl (C=O) groups excluding carboxylic acids is 2. The number of urea groups is 1. The zero-order valence-electron chi connectivity index (χ0n) is 12.1. The third kappa shape index (κ3) is 2.11. The molecule has 1 atom stereocenters. The number of nitrogens with zero attached hydrogens (tertiary/aromatic N) is 4. The molecule has 3 heterocycles. The Morgan fingerprint density at radius 2 is 1.87 bits per heavy atom. The normalized spacial score (nSPS) is 17.3. The van der Waals surface area contributed by atoms with Crippen molar-refractivity contribution in [1.82, 2.24) is 30.2 Å². The van der Waals surface area contributed by atoms with E-state index in [1.807, 2.05) is 23.7 Å². The highest BCUT2D eigenvalue weighted by atomic mass is 16.2. The van der Waals surface area contributed by atoms with Crippen molar-refractivity contribution in [2.24, 2.45) is 7.05 Å². The van der Waals surface area contributed by atoms with Gasteiger partial charge in [-0.2, -0.15) is 0 Å². The maximum absolute atomic E-state index is 11.7. The zero-order chi connectivity index (χ0) is 16.0. The highest BCUT2D eigenvalue weighted by Crippen LogP contribution is 2.26. The molecule has 2 N–H and O–H groups in total. The van der Waals surface area contributed by atoms with E-state index in [9.17, 15) is 9.59 Å². The molecule has 1 aliphatic heterocycles. The Bertz CT molecular complexity index is 931. The van der Waals surface area contributed by atoms with Crippen molar-refractivity contribution in [3.8, 4) is 11.3 Å². The molecule has 0 aliphatic carbocycles. The van der Waals surface area contributed by atoms with Gasteiger partial charge in [0.15, 0.2) is 5.65 Å². The number of fused-ring (bicyclic) bond motifs is 1. The van der Waals surface area contributed by atoms with Crippen molar-refractivity contribution in [2.45, 2.75) is 6.04 Å². The summed E-state index contributed by atoms with van der Waals surface area (Å²) in [6.45, 7) is 0. The number of aromatic nitrogens is 4. The summed E-state index contributed by atoms with van der Waals surface area (Å²) in [6.07, 6.45) is 3.19. The standard InChI is InChI=1S/C15H12N6O2/c1-21-7-18-12-10(16-6-17-13(12)21)8-2-4-9(5-3-8)11-14(22)20-15(23)19-11/h2-7,11H,1H3,(H2,19,20,22,23). The molecule has 4 rings (SSSR count). The summed E-state index contributed by atoms with van der Waals surface area (Å²) in [7, 11) is 1.87. The van der Waals surface area contributed by atoms with Crippen molar-refractivity contribution in [3.63, 3.8) is 0 Å². The van der Waals surface area contributed by atoms with Gasteiger partial charge in [0.05, 0.1) is 6.33 Å². The summed E-state index contributed by atoms with van der Waals surface area (Å²) in [5, 5.41) is 4.79. The molecule has 1 saturated heterocycles. The maximum Gasteiger partial charge on any atom is 0.322 e. The topological polar surface area (TPSA) is 102 Å². The van der Waals surface area contributed by atoms with Gasteiger partial charge in [0.25, 0.3) is 5.91 Å². The summed E-state index contributed by atoms with van der Waals surface area (Å²) < 4.78 is 1.83. The van der Waals surface area contributed by atoms with Crippen LogP contribution in [0.15, 0.2) is 36.9 Å². The lowest BCUT2D eigenvalue weighted by Gasteiger charge is -2.08. The largest absolute Gasteiger partial charge is 0.322 e. The second-order valence-corrected chi connectivity index (χ2v) is 5.27. The average Bonchev–Trinajstić information content (AvgIpc) is 3.10. The molecule has 8 heteroatoms. The molecule has 0 spiro atoms. The third-order valence-electron chi connectivity index (χ3n) is 3.79. The van der Waals surface area contributed by atoms with E-state index in [2.05, 4.69) is 25.6 Å². The number of nitrogens with one attached hydrogen (secondary N) is 2. The van der Waals surface area contributed by atoms with Gasteiger partial charge in [-0.1, -0.05) is 24.3 Å². The second kappa shape index (κ2) is 4.87. The zero-order valence-corrected chi connectivity index (χ0v) is 12.1. The van der Waals surface area contributed by atoms with Gasteiger partial charge < -0.3 is 9.88 Å². The molecule has 3 aromatic rings. The minimum absolute atomic E-state index is 0.350. The lowest BCUT2D eigenvalue weighted by atomic mass is 10.0. The van der Waals surface area contributed by atoms with E-state index in [1.165, 1.54) is 6.33 Å². The fourth-order valence-corrected chi connectivity index (χ4v) is 2.64. The molecule has 0 radical (unpaired) electrons. The fraction of sp³-hybridized carbons (Fsp3) is 0.133. The monoisotopic (exact) mass is 308 g/mol. The highest BCUT2D eigenvalue weighted by molar-refractivity contribution is 6.04. The van der Waals surface area contributed by atoms with Crippen LogP contribution in [0.25, 0.3) is 22.4 Å². The van der Waals surface area contributed by atoms with Crippen LogP contribution in [0.4, 0.5) is 4.79 Å². The van der Waals surface area contributed by atoms with E-state index in [0.717, 1.165) is 22.4 Å². The van der Waals surface area contributed by atoms with Crippen LogP contribution in [0, 0.1) is 0 Å². The molecule has 0 bridgehead atoms. The molecule has 1 aromatic carbocycles. The Morgan fingerprint density at radius 1 is 1.09 bits per heavy atom. The summed E-state index contributed by atoms with van der Waals surface area (Å²) in [4.78, 5) is 35.8. The predicted octanol–water partition coefficient (Wildman–Crippen LogP) is 0.911. The minimum atomic E-state index is -0.656. The molecule has 3 amide bonds. The Morgan fingerprint density at radius 3 is 2.57 bits per heavy atom. The van der Waals surface area contributed by atoms with Crippen molar-refractivity contribution in [3.05, 3.63) is 42.5 Å². The molecule has 23 heavy (non-hydrogen) atoms. The molecular weight excluding hydrogens is 296 g/mol. The first kappa shape index (κ1) is 13.4. The van der Waals surface area contributed by atoms with Crippen LogP contribution >= 0.6 is 0 Å². The summed E-state index contributed by atoms with van der Waals surface area (Å²) in [5.41, 5.74) is 3.77. The molecule has 2 aromatic heterocycles. The number of hydrogen-bond acceptors (Lipinski definition) is 5. The molecule has 0 saturated carbocycles. The van der Waals surface area contributed by atoms with E-state index in [0.29, 0.717) is 5.56 Å². The van der Waals surface area contributed by atoms with E-state index >= 15 is 0 Å². The number of benzene rings is 1. The number of aryl methyl sites for hydroxylation is 1. The maximum atomic E-state index is 11.7. The van der Waals surface area contributed by atoms with Crippen molar-refractivity contribution in [1.29, 1.82) is 0 Å². The van der Waals surface area contributed by atoms with Crippen LogP contribution in [-0.4, -0.2) is 31.5 Å². The average molecular weight is 308 g/mol. The smallest absolute Gasteiger partial charge is 0.322 e. The van der Waals surface area contributed by atoms with Crippen molar-refractivity contribution >= 4 is 23.1 Å². The summed E-state index contributed by atoms with van der Waals surface area (Å²) in [6, 6.07) is 6.16. The van der Waals surface area contributed by atoms with Gasteiger partial charge in [-0.15, -0.1) is 0 Å². The lowest BCUT2D eigenvalue weighted by Crippen LogP contribution is -2.22. The van der Waals surface area contributed by atoms with Crippen molar-refractivity contribution < 1.29 is 9.59 Å². The van der Waals surface area contributed by atoms with E-state index in [4.69, 9.17) is 0 Å². The molecule has 1 unspecified atom stereocenters. The van der Waals surface area contributed by atoms with E-state index in [-0.39, 0.29) is 5.91 Å². The van der Waals surface area contributed by atoms with Gasteiger partial charge in [0, 0.05) is 12.6 Å². The summed E-state index contributed by atoms with van der Waals surface area (Å²) in [5.74, 6) is -0.350. The Hall–Kier alpha value is -3.29. The van der Waals surface area contributed by atoms with Gasteiger partial charge in [-0.3, -0.25) is 10.1 Å². The van der Waals surface area contributed by atoms with E-state index < -0.39 is 12.1 Å². The highest BCUT2D eigenvalue weighted by Gasteiger charge is 2.30. The van der Waals surface area contributed by atoms with Gasteiger partial charge >= 0.3 is 6.03 Å². The fourth-order valence-electron chi connectivity index (χ4n) is 2.64. The number of imide groups is 1. The van der Waals surface area contributed by atoms with Crippen LogP contribution in [0.3, 0.4) is 0 Å². The Labute approximate surface area is 130 Å². The number of carbonyl (C=O) groups is 2. The Balaban J connectivity index is 1.73. The van der Waals surface area contributed by atoms with Crippen LogP contribution in [0.1, 0.15) is 11.6 Å². The predicted molar refractivity (Wildman–Crippen MR) is 81.2 cm³/mol. The van der Waals surface area contributed by atoms with E-state index in [1.54, 1.807) is 18.5 Å². The third-order valence-corrected chi connectivity index (χ3v) is 3.79. The van der Waals surface area contributed by atoms with Gasteiger partial charge in [-0.25, -0.2) is 19.7 Å². The quantitative estimate of drug-likeness (QED) is 0.685. The molecule has 1 aliphatic rings. The molecule has 8 nitrogen and oxygen atoms in total. The van der Waals surface area contributed by atoms with Gasteiger partial charge in [0.1, 0.15) is 23.6 Å². The Kier molecular flexibility index (Phi) is 2.83. The summed E-state index contributed by atoms with van der Waals surface area (Å²) >= 11 is 0. The van der Waals surface area contributed by atoms with Crippen LogP contribution in [0.2, 0.25) is 0 Å². The first-order chi connectivity index (χ1) is 11.1. The molecule has 1 fully saturated rings. The molecular formula is C15H12N6O2. The first-order valence-electron chi connectivity index (χ1n) is 6.97.